The molecule has 1 aliphatic heterocycles. The van der Waals surface area contributed by atoms with Crippen LogP contribution in [0.3, 0.4) is 0 Å². The van der Waals surface area contributed by atoms with Crippen LogP contribution in [-0.4, -0.2) is 50.7 Å². The van der Waals surface area contributed by atoms with Gasteiger partial charge in [-0.1, -0.05) is 30.3 Å². The van der Waals surface area contributed by atoms with Gasteiger partial charge in [0.05, 0.1) is 14.2 Å². The first-order valence-electron chi connectivity index (χ1n) is 10.5. The van der Waals surface area contributed by atoms with E-state index < -0.39 is 0 Å². The quantitative estimate of drug-likeness (QED) is 0.680. The van der Waals surface area contributed by atoms with Crippen LogP contribution in [0.4, 0.5) is 0 Å². The number of carbonyl (C=O) groups is 1. The third-order valence-electron chi connectivity index (χ3n) is 5.55. The Bertz CT molecular complexity index is 813. The standard InChI is InChI=1S/C24H32N2O4/c1-17(2)26-11-10-19(15-26)14-25-24(27)20-12-21(28-3)23(22(13-20)29-4)30-16-18-8-6-5-7-9-18/h5-9,12-13,17,19H,10-11,14-16H2,1-4H3,(H,25,27). The van der Waals surface area contributed by atoms with Crippen LogP contribution >= 0.6 is 0 Å². The smallest absolute Gasteiger partial charge is 0.251 e. The summed E-state index contributed by atoms with van der Waals surface area (Å²) in [5, 5.41) is 3.06. The molecule has 2 aromatic rings. The SMILES string of the molecule is COc1cc(C(=O)NCC2CCN(C(C)C)C2)cc(OC)c1OCc1ccccc1. The van der Waals surface area contributed by atoms with Gasteiger partial charge in [0.1, 0.15) is 6.61 Å². The highest BCUT2D eigenvalue weighted by Crippen LogP contribution is 2.39. The molecule has 162 valence electrons. The van der Waals surface area contributed by atoms with Crippen molar-refractivity contribution in [3.8, 4) is 17.2 Å². The number of hydrogen-bond acceptors (Lipinski definition) is 5. The second-order valence-corrected chi connectivity index (χ2v) is 7.94. The van der Waals surface area contributed by atoms with Crippen molar-refractivity contribution < 1.29 is 19.0 Å². The number of carbonyl (C=O) groups excluding carboxylic acids is 1. The molecule has 2 aromatic carbocycles. The molecule has 0 bridgehead atoms. The fourth-order valence-corrected chi connectivity index (χ4v) is 3.72. The summed E-state index contributed by atoms with van der Waals surface area (Å²) < 4.78 is 16.9. The van der Waals surface area contributed by atoms with E-state index in [0.717, 1.165) is 25.1 Å². The van der Waals surface area contributed by atoms with Crippen LogP contribution in [0.25, 0.3) is 0 Å². The largest absolute Gasteiger partial charge is 0.493 e. The van der Waals surface area contributed by atoms with Crippen LogP contribution < -0.4 is 19.5 Å². The van der Waals surface area contributed by atoms with Gasteiger partial charge >= 0.3 is 0 Å². The predicted molar refractivity (Wildman–Crippen MR) is 117 cm³/mol. The van der Waals surface area contributed by atoms with Crippen LogP contribution in [0.5, 0.6) is 17.2 Å². The summed E-state index contributed by atoms with van der Waals surface area (Å²) in [6.07, 6.45) is 1.11. The highest BCUT2D eigenvalue weighted by molar-refractivity contribution is 5.95. The highest BCUT2D eigenvalue weighted by atomic mass is 16.5. The number of nitrogens with zero attached hydrogens (tertiary/aromatic N) is 1. The Morgan fingerprint density at radius 2 is 1.80 bits per heavy atom. The minimum absolute atomic E-state index is 0.135. The summed E-state index contributed by atoms with van der Waals surface area (Å²) in [4.78, 5) is 15.2. The zero-order valence-electron chi connectivity index (χ0n) is 18.3. The number of benzene rings is 2. The van der Waals surface area contributed by atoms with E-state index in [-0.39, 0.29) is 5.91 Å². The monoisotopic (exact) mass is 412 g/mol. The van der Waals surface area contributed by atoms with Gasteiger partial charge in [-0.05, 0) is 50.4 Å². The molecule has 0 radical (unpaired) electrons. The van der Waals surface area contributed by atoms with Crippen LogP contribution in [0.15, 0.2) is 42.5 Å². The second-order valence-electron chi connectivity index (χ2n) is 7.94. The molecular formula is C24H32N2O4. The molecule has 3 rings (SSSR count). The van der Waals surface area contributed by atoms with Crippen molar-refractivity contribution in [3.63, 3.8) is 0 Å². The number of likely N-dealkylation sites (tertiary alicyclic amines) is 1. The molecule has 30 heavy (non-hydrogen) atoms. The first kappa shape index (κ1) is 22.0. The fourth-order valence-electron chi connectivity index (χ4n) is 3.72. The van der Waals surface area contributed by atoms with Gasteiger partial charge in [0, 0.05) is 24.7 Å². The zero-order chi connectivity index (χ0) is 21.5. The normalized spacial score (nSPS) is 16.5. The molecule has 1 unspecified atom stereocenters. The van der Waals surface area contributed by atoms with E-state index in [1.54, 1.807) is 26.4 Å². The van der Waals surface area contributed by atoms with Gasteiger partial charge in [0.15, 0.2) is 11.5 Å². The molecule has 0 aliphatic carbocycles. The van der Waals surface area contributed by atoms with E-state index in [9.17, 15) is 4.79 Å². The lowest BCUT2D eigenvalue weighted by molar-refractivity contribution is 0.0946. The molecule has 0 spiro atoms. The van der Waals surface area contributed by atoms with Crippen LogP contribution in [0.1, 0.15) is 36.2 Å². The number of methoxy groups -OCH3 is 2. The Kier molecular flexibility index (Phi) is 7.57. The van der Waals surface area contributed by atoms with Crippen molar-refractivity contribution in [1.29, 1.82) is 0 Å². The highest BCUT2D eigenvalue weighted by Gasteiger charge is 2.25. The molecule has 1 saturated heterocycles. The zero-order valence-corrected chi connectivity index (χ0v) is 18.3. The molecule has 6 heteroatoms. The summed E-state index contributed by atoms with van der Waals surface area (Å²) in [5.74, 6) is 1.78. The molecule has 0 aromatic heterocycles. The van der Waals surface area contributed by atoms with E-state index in [2.05, 4.69) is 24.1 Å². The molecule has 1 aliphatic rings. The lowest BCUT2D eigenvalue weighted by Crippen LogP contribution is -2.33. The molecular weight excluding hydrogens is 380 g/mol. The lowest BCUT2D eigenvalue weighted by atomic mass is 10.1. The first-order chi connectivity index (χ1) is 14.5. The summed E-state index contributed by atoms with van der Waals surface area (Å²) in [6.45, 7) is 7.58. The van der Waals surface area contributed by atoms with E-state index in [0.29, 0.717) is 47.9 Å². The Hall–Kier alpha value is -2.73. The maximum atomic E-state index is 12.8. The summed E-state index contributed by atoms with van der Waals surface area (Å²) in [5.41, 5.74) is 1.53. The van der Waals surface area contributed by atoms with Gasteiger partial charge in [-0.15, -0.1) is 0 Å². The number of rotatable bonds is 9. The number of nitrogens with one attached hydrogen (secondary N) is 1. The summed E-state index contributed by atoms with van der Waals surface area (Å²) >= 11 is 0. The van der Waals surface area contributed by atoms with Crippen molar-refractivity contribution in [2.24, 2.45) is 5.92 Å². The van der Waals surface area contributed by atoms with Gasteiger partial charge in [0.25, 0.3) is 5.91 Å². The first-order valence-corrected chi connectivity index (χ1v) is 10.5. The molecule has 1 amide bonds. The van der Waals surface area contributed by atoms with Crippen molar-refractivity contribution in [2.45, 2.75) is 32.9 Å². The Morgan fingerprint density at radius 3 is 2.37 bits per heavy atom. The van der Waals surface area contributed by atoms with Crippen molar-refractivity contribution in [1.82, 2.24) is 10.2 Å². The van der Waals surface area contributed by atoms with Gasteiger partial charge in [-0.25, -0.2) is 0 Å². The van der Waals surface area contributed by atoms with Gasteiger partial charge in [-0.2, -0.15) is 0 Å². The maximum absolute atomic E-state index is 12.8. The van der Waals surface area contributed by atoms with E-state index >= 15 is 0 Å². The van der Waals surface area contributed by atoms with Crippen LogP contribution in [-0.2, 0) is 6.61 Å². The van der Waals surface area contributed by atoms with Gasteiger partial charge < -0.3 is 24.4 Å². The molecule has 0 saturated carbocycles. The minimum Gasteiger partial charge on any atom is -0.493 e. The third kappa shape index (κ3) is 5.45. The van der Waals surface area contributed by atoms with Crippen molar-refractivity contribution >= 4 is 5.91 Å². The number of hydrogen-bond donors (Lipinski definition) is 1. The number of ether oxygens (including phenoxy) is 3. The summed E-state index contributed by atoms with van der Waals surface area (Å²) in [7, 11) is 3.12. The third-order valence-corrected chi connectivity index (χ3v) is 5.55. The fraction of sp³-hybridized carbons (Fsp3) is 0.458. The maximum Gasteiger partial charge on any atom is 0.251 e. The lowest BCUT2D eigenvalue weighted by Gasteiger charge is -2.20. The Balaban J connectivity index is 1.67. The average molecular weight is 413 g/mol. The molecule has 6 nitrogen and oxygen atoms in total. The predicted octanol–water partition coefficient (Wildman–Crippen LogP) is 3.74. The number of amides is 1. The summed E-state index contributed by atoms with van der Waals surface area (Å²) in [6, 6.07) is 13.8. The van der Waals surface area contributed by atoms with E-state index in [4.69, 9.17) is 14.2 Å². The van der Waals surface area contributed by atoms with Crippen LogP contribution in [0, 0.1) is 5.92 Å². The molecule has 1 heterocycles. The van der Waals surface area contributed by atoms with Crippen molar-refractivity contribution in [2.75, 3.05) is 33.9 Å². The minimum atomic E-state index is -0.135. The molecule has 1 N–H and O–H groups in total. The second kappa shape index (κ2) is 10.3. The van der Waals surface area contributed by atoms with Crippen molar-refractivity contribution in [3.05, 3.63) is 53.6 Å². The topological polar surface area (TPSA) is 60.0 Å². The average Bonchev–Trinajstić information content (AvgIpc) is 3.25. The van der Waals surface area contributed by atoms with Crippen LogP contribution in [0.2, 0.25) is 0 Å². The van der Waals surface area contributed by atoms with E-state index in [1.807, 2.05) is 30.3 Å². The Labute approximate surface area is 179 Å². The molecule has 1 atom stereocenters. The molecule has 1 fully saturated rings. The van der Waals surface area contributed by atoms with Gasteiger partial charge in [0.2, 0.25) is 5.75 Å². The Morgan fingerprint density at radius 1 is 1.13 bits per heavy atom. The van der Waals surface area contributed by atoms with Gasteiger partial charge in [-0.3, -0.25) is 4.79 Å². The van der Waals surface area contributed by atoms with E-state index in [1.165, 1.54) is 0 Å².